The number of halogens is 1. The molecule has 0 bridgehead atoms. The highest BCUT2D eigenvalue weighted by Crippen LogP contribution is 2.13. The number of carbonyl (C=O) groups excluding carboxylic acids is 1. The fourth-order valence-electron chi connectivity index (χ4n) is 2.12. The summed E-state index contributed by atoms with van der Waals surface area (Å²) in [5.74, 6) is 0.165. The Hall–Kier alpha value is -1.10. The van der Waals surface area contributed by atoms with Crippen LogP contribution in [0.5, 0.6) is 0 Å². The van der Waals surface area contributed by atoms with Crippen LogP contribution in [0.1, 0.15) is 6.92 Å². The number of carbonyl (C=O) groups is 1. The van der Waals surface area contributed by atoms with E-state index in [0.717, 1.165) is 18.8 Å². The van der Waals surface area contributed by atoms with Gasteiger partial charge in [0.15, 0.2) is 0 Å². The van der Waals surface area contributed by atoms with Crippen molar-refractivity contribution in [1.29, 1.82) is 0 Å². The number of hydrogen-bond acceptors (Lipinski definition) is 3. The molecule has 1 N–H and O–H groups in total. The Balaban J connectivity index is 0.00000180. The van der Waals surface area contributed by atoms with Crippen LogP contribution in [0.25, 0.3) is 0 Å². The molecule has 106 valence electrons. The van der Waals surface area contributed by atoms with Crippen molar-refractivity contribution < 1.29 is 4.79 Å². The summed E-state index contributed by atoms with van der Waals surface area (Å²) in [5.41, 5.74) is 0.977. The fourth-order valence-corrected chi connectivity index (χ4v) is 2.12. The lowest BCUT2D eigenvalue weighted by Crippen LogP contribution is -2.57. The third kappa shape index (κ3) is 3.93. The maximum atomic E-state index is 12.3. The first-order valence-electron chi connectivity index (χ1n) is 6.48. The number of likely N-dealkylation sites (N-methyl/N-ethyl adjacent to an activating group) is 2. The topological polar surface area (TPSA) is 35.6 Å². The van der Waals surface area contributed by atoms with Crippen LogP contribution in [0.3, 0.4) is 0 Å². The summed E-state index contributed by atoms with van der Waals surface area (Å²) >= 11 is 0. The molecule has 1 aromatic rings. The minimum Gasteiger partial charge on any atom is -0.314 e. The van der Waals surface area contributed by atoms with Gasteiger partial charge < -0.3 is 10.2 Å². The van der Waals surface area contributed by atoms with Crippen molar-refractivity contribution in [2.75, 3.05) is 38.1 Å². The minimum absolute atomic E-state index is 0. The second-order valence-corrected chi connectivity index (χ2v) is 4.70. The van der Waals surface area contributed by atoms with Crippen molar-refractivity contribution in [2.24, 2.45) is 0 Å². The average Bonchev–Trinajstić information content (AvgIpc) is 2.28. The Kier molecular flexibility index (Phi) is 6.28. The highest BCUT2D eigenvalue weighted by Gasteiger charge is 2.24. The molecule has 1 aliphatic heterocycles. The smallest absolute Gasteiger partial charge is 0.241 e. The largest absolute Gasteiger partial charge is 0.314 e. The van der Waals surface area contributed by atoms with E-state index in [2.05, 4.69) is 10.2 Å². The van der Waals surface area contributed by atoms with E-state index in [9.17, 15) is 4.79 Å². The number of anilines is 1. The zero-order valence-electron chi connectivity index (χ0n) is 11.5. The molecule has 0 unspecified atom stereocenters. The van der Waals surface area contributed by atoms with Gasteiger partial charge in [-0.25, -0.2) is 0 Å². The van der Waals surface area contributed by atoms with Gasteiger partial charge in [-0.3, -0.25) is 9.69 Å². The lowest BCUT2D eigenvalue weighted by molar-refractivity contribution is -0.120. The van der Waals surface area contributed by atoms with Crippen molar-refractivity contribution in [2.45, 2.75) is 13.0 Å². The quantitative estimate of drug-likeness (QED) is 0.886. The van der Waals surface area contributed by atoms with Gasteiger partial charge >= 0.3 is 0 Å². The van der Waals surface area contributed by atoms with Gasteiger partial charge in [-0.1, -0.05) is 18.2 Å². The van der Waals surface area contributed by atoms with E-state index in [1.54, 1.807) is 0 Å². The first-order chi connectivity index (χ1) is 8.72. The predicted octanol–water partition coefficient (Wildman–Crippen LogP) is 1.36. The first-order valence-corrected chi connectivity index (χ1v) is 6.48. The maximum absolute atomic E-state index is 12.3. The minimum atomic E-state index is 0. The van der Waals surface area contributed by atoms with E-state index < -0.39 is 0 Å². The molecular formula is C14H22ClN3O. The van der Waals surface area contributed by atoms with E-state index >= 15 is 0 Å². The van der Waals surface area contributed by atoms with E-state index in [4.69, 9.17) is 0 Å². The molecule has 0 saturated carbocycles. The van der Waals surface area contributed by atoms with E-state index in [0.29, 0.717) is 19.1 Å². The molecule has 1 fully saturated rings. The molecule has 1 saturated heterocycles. The van der Waals surface area contributed by atoms with E-state index in [-0.39, 0.29) is 18.3 Å². The van der Waals surface area contributed by atoms with Crippen LogP contribution in [0.4, 0.5) is 5.69 Å². The molecule has 0 radical (unpaired) electrons. The van der Waals surface area contributed by atoms with Gasteiger partial charge in [0.25, 0.3) is 0 Å². The molecular weight excluding hydrogens is 262 g/mol. The number of nitrogens with one attached hydrogen (secondary N) is 1. The SMILES string of the molecule is CCN(C(=O)CN(C)C1CNC1)c1ccccc1.Cl. The van der Waals surface area contributed by atoms with Gasteiger partial charge in [0.2, 0.25) is 5.91 Å². The Morgan fingerprint density at radius 3 is 2.42 bits per heavy atom. The van der Waals surface area contributed by atoms with Crippen LogP contribution >= 0.6 is 12.4 Å². The summed E-state index contributed by atoms with van der Waals surface area (Å²) < 4.78 is 0. The number of para-hydroxylation sites is 1. The van der Waals surface area contributed by atoms with Gasteiger partial charge in [0.1, 0.15) is 0 Å². The summed E-state index contributed by atoms with van der Waals surface area (Å²) in [5, 5.41) is 3.22. The van der Waals surface area contributed by atoms with Crippen LogP contribution in [0.2, 0.25) is 0 Å². The summed E-state index contributed by atoms with van der Waals surface area (Å²) in [7, 11) is 2.02. The number of amides is 1. The molecule has 5 heteroatoms. The summed E-state index contributed by atoms with van der Waals surface area (Å²) in [4.78, 5) is 16.3. The molecule has 0 aliphatic carbocycles. The third-order valence-electron chi connectivity index (χ3n) is 3.45. The number of hydrogen-bond donors (Lipinski definition) is 1. The molecule has 4 nitrogen and oxygen atoms in total. The van der Waals surface area contributed by atoms with Gasteiger partial charge in [-0.15, -0.1) is 12.4 Å². The molecule has 1 aromatic carbocycles. The second-order valence-electron chi connectivity index (χ2n) is 4.70. The monoisotopic (exact) mass is 283 g/mol. The maximum Gasteiger partial charge on any atom is 0.241 e. The summed E-state index contributed by atoms with van der Waals surface area (Å²) in [6, 6.07) is 10.4. The zero-order chi connectivity index (χ0) is 13.0. The lowest BCUT2D eigenvalue weighted by Gasteiger charge is -2.36. The number of nitrogens with zero attached hydrogens (tertiary/aromatic N) is 2. The lowest BCUT2D eigenvalue weighted by atomic mass is 10.1. The normalized spacial score (nSPS) is 14.7. The van der Waals surface area contributed by atoms with Gasteiger partial charge in [0.05, 0.1) is 6.54 Å². The zero-order valence-corrected chi connectivity index (χ0v) is 12.3. The highest BCUT2D eigenvalue weighted by molar-refractivity contribution is 5.94. The Bertz CT molecular complexity index is 395. The fraction of sp³-hybridized carbons (Fsp3) is 0.500. The Morgan fingerprint density at radius 2 is 1.95 bits per heavy atom. The Morgan fingerprint density at radius 1 is 1.32 bits per heavy atom. The molecule has 0 aromatic heterocycles. The Labute approximate surface area is 121 Å². The standard InChI is InChI=1S/C14H21N3O.ClH/c1-3-17(12-7-5-4-6-8-12)14(18)11-16(2)13-9-15-10-13;/h4-8,13,15H,3,9-11H2,1-2H3;1H. The van der Waals surface area contributed by atoms with Crippen LogP contribution in [0.15, 0.2) is 30.3 Å². The van der Waals surface area contributed by atoms with Crippen LogP contribution in [-0.2, 0) is 4.79 Å². The van der Waals surface area contributed by atoms with Gasteiger partial charge in [-0.05, 0) is 26.1 Å². The molecule has 0 atom stereocenters. The third-order valence-corrected chi connectivity index (χ3v) is 3.45. The van der Waals surface area contributed by atoms with Crippen molar-refractivity contribution >= 4 is 24.0 Å². The van der Waals surface area contributed by atoms with Crippen molar-refractivity contribution in [1.82, 2.24) is 10.2 Å². The number of rotatable bonds is 5. The molecule has 1 aliphatic rings. The summed E-state index contributed by atoms with van der Waals surface area (Å²) in [6.07, 6.45) is 0. The molecule has 19 heavy (non-hydrogen) atoms. The highest BCUT2D eigenvalue weighted by atomic mass is 35.5. The van der Waals surface area contributed by atoms with Crippen molar-refractivity contribution in [3.05, 3.63) is 30.3 Å². The average molecular weight is 284 g/mol. The van der Waals surface area contributed by atoms with Crippen molar-refractivity contribution in [3.63, 3.8) is 0 Å². The predicted molar refractivity (Wildman–Crippen MR) is 81.0 cm³/mol. The molecule has 1 heterocycles. The van der Waals surface area contributed by atoms with Crippen molar-refractivity contribution in [3.8, 4) is 0 Å². The van der Waals surface area contributed by atoms with E-state index in [1.165, 1.54) is 0 Å². The molecule has 0 spiro atoms. The number of benzene rings is 1. The van der Waals surface area contributed by atoms with Crippen LogP contribution < -0.4 is 10.2 Å². The van der Waals surface area contributed by atoms with Gasteiger partial charge in [0, 0.05) is 31.4 Å². The van der Waals surface area contributed by atoms with Crippen LogP contribution in [0, 0.1) is 0 Å². The second kappa shape index (κ2) is 7.48. The van der Waals surface area contributed by atoms with E-state index in [1.807, 2.05) is 49.2 Å². The first kappa shape index (κ1) is 16.0. The van der Waals surface area contributed by atoms with Gasteiger partial charge in [-0.2, -0.15) is 0 Å². The van der Waals surface area contributed by atoms with Crippen LogP contribution in [-0.4, -0.2) is 50.1 Å². The molecule has 2 rings (SSSR count). The molecule has 1 amide bonds. The summed E-state index contributed by atoms with van der Waals surface area (Å²) in [6.45, 7) is 5.17.